The molecule has 0 saturated carbocycles. The minimum Gasteiger partial charge on any atom is -0.314 e. The molecular weight excluding hydrogens is 224 g/mol. The quantitative estimate of drug-likeness (QED) is 0.864. The Morgan fingerprint density at radius 1 is 1.50 bits per heavy atom. The summed E-state index contributed by atoms with van der Waals surface area (Å²) in [4.78, 5) is 2.60. The van der Waals surface area contributed by atoms with E-state index in [9.17, 15) is 0 Å². The summed E-state index contributed by atoms with van der Waals surface area (Å²) in [6, 6.07) is 0.670. The van der Waals surface area contributed by atoms with E-state index >= 15 is 0 Å². The van der Waals surface area contributed by atoms with Crippen LogP contribution in [-0.2, 0) is 13.1 Å². The highest BCUT2D eigenvalue weighted by Gasteiger charge is 2.23. The third kappa shape index (κ3) is 3.56. The van der Waals surface area contributed by atoms with Crippen LogP contribution in [0.1, 0.15) is 32.8 Å². The third-order valence-corrected chi connectivity index (χ3v) is 3.61. The number of aromatic nitrogens is 2. The van der Waals surface area contributed by atoms with Crippen LogP contribution in [0.4, 0.5) is 0 Å². The van der Waals surface area contributed by atoms with E-state index < -0.39 is 0 Å². The number of hydrogen-bond acceptors (Lipinski definition) is 3. The summed E-state index contributed by atoms with van der Waals surface area (Å²) in [7, 11) is 0. The normalized spacial score (nSPS) is 21.7. The van der Waals surface area contributed by atoms with E-state index in [4.69, 9.17) is 0 Å². The third-order valence-electron chi connectivity index (χ3n) is 3.61. The first-order valence-electron chi connectivity index (χ1n) is 7.15. The van der Waals surface area contributed by atoms with Crippen molar-refractivity contribution in [1.29, 1.82) is 0 Å². The van der Waals surface area contributed by atoms with Crippen molar-refractivity contribution >= 4 is 0 Å². The number of nitrogens with one attached hydrogen (secondary N) is 1. The Morgan fingerprint density at radius 2 is 2.33 bits per heavy atom. The largest absolute Gasteiger partial charge is 0.314 e. The maximum atomic E-state index is 4.36. The van der Waals surface area contributed by atoms with Crippen molar-refractivity contribution < 1.29 is 0 Å². The lowest BCUT2D eigenvalue weighted by molar-refractivity contribution is 0.134. The summed E-state index contributed by atoms with van der Waals surface area (Å²) in [5.41, 5.74) is 1.34. The van der Waals surface area contributed by atoms with Crippen LogP contribution in [0.15, 0.2) is 12.4 Å². The Labute approximate surface area is 110 Å². The second kappa shape index (κ2) is 6.34. The summed E-state index contributed by atoms with van der Waals surface area (Å²) < 4.78 is 2.01. The van der Waals surface area contributed by atoms with E-state index in [0.717, 1.165) is 38.6 Å². The zero-order valence-corrected chi connectivity index (χ0v) is 11.9. The Kier molecular flexibility index (Phi) is 4.78. The number of hydrogen-bond donors (Lipinski definition) is 1. The fourth-order valence-corrected chi connectivity index (χ4v) is 2.68. The molecule has 0 radical (unpaired) electrons. The molecule has 0 aromatic carbocycles. The van der Waals surface area contributed by atoms with E-state index in [-0.39, 0.29) is 0 Å². The zero-order valence-electron chi connectivity index (χ0n) is 11.9. The van der Waals surface area contributed by atoms with Crippen molar-refractivity contribution in [3.8, 4) is 0 Å². The maximum Gasteiger partial charge on any atom is 0.0534 e. The highest BCUT2D eigenvalue weighted by Crippen LogP contribution is 2.16. The first kappa shape index (κ1) is 13.6. The smallest absolute Gasteiger partial charge is 0.0534 e. The first-order chi connectivity index (χ1) is 8.69. The molecule has 0 bridgehead atoms. The second-order valence-electron chi connectivity index (χ2n) is 5.66. The average Bonchev–Trinajstić information content (AvgIpc) is 2.79. The molecule has 0 aliphatic carbocycles. The molecule has 0 spiro atoms. The molecular formula is C14H26N4. The summed E-state index contributed by atoms with van der Waals surface area (Å²) in [6.07, 6.45) is 5.46. The fraction of sp³-hybridized carbons (Fsp3) is 0.786. The molecule has 1 atom stereocenters. The summed E-state index contributed by atoms with van der Waals surface area (Å²) in [5, 5.41) is 7.87. The van der Waals surface area contributed by atoms with Crippen LogP contribution in [0.2, 0.25) is 0 Å². The summed E-state index contributed by atoms with van der Waals surface area (Å²) in [6.45, 7) is 12.1. The minimum atomic E-state index is 0.670. The molecule has 102 valence electrons. The highest BCUT2D eigenvalue weighted by molar-refractivity contribution is 5.04. The minimum absolute atomic E-state index is 0.670. The Hall–Kier alpha value is -0.870. The number of rotatable bonds is 5. The molecule has 1 unspecified atom stereocenters. The van der Waals surface area contributed by atoms with Crippen molar-refractivity contribution in [2.75, 3.05) is 19.6 Å². The van der Waals surface area contributed by atoms with Crippen molar-refractivity contribution in [2.24, 2.45) is 5.92 Å². The van der Waals surface area contributed by atoms with E-state index in [0.29, 0.717) is 6.04 Å². The van der Waals surface area contributed by atoms with Gasteiger partial charge in [0.2, 0.25) is 0 Å². The van der Waals surface area contributed by atoms with Gasteiger partial charge in [0.05, 0.1) is 6.20 Å². The van der Waals surface area contributed by atoms with E-state index in [1.54, 1.807) is 0 Å². The van der Waals surface area contributed by atoms with E-state index in [1.165, 1.54) is 12.0 Å². The average molecular weight is 250 g/mol. The van der Waals surface area contributed by atoms with Gasteiger partial charge in [-0.25, -0.2) is 0 Å². The summed E-state index contributed by atoms with van der Waals surface area (Å²) >= 11 is 0. The number of aryl methyl sites for hydroxylation is 1. The molecule has 1 aromatic rings. The Bertz CT molecular complexity index is 358. The van der Waals surface area contributed by atoms with Crippen molar-refractivity contribution in [2.45, 2.75) is 46.3 Å². The molecule has 4 heteroatoms. The van der Waals surface area contributed by atoms with Gasteiger partial charge in [-0.3, -0.25) is 9.58 Å². The topological polar surface area (TPSA) is 33.1 Å². The molecule has 2 heterocycles. The molecule has 18 heavy (non-hydrogen) atoms. The van der Waals surface area contributed by atoms with Gasteiger partial charge in [-0.2, -0.15) is 5.10 Å². The molecule has 1 aliphatic rings. The lowest BCUT2D eigenvalue weighted by atomic mass is 10.0. The predicted molar refractivity (Wildman–Crippen MR) is 74.4 cm³/mol. The molecule has 1 saturated heterocycles. The monoisotopic (exact) mass is 250 g/mol. The Balaban J connectivity index is 1.96. The van der Waals surface area contributed by atoms with Gasteiger partial charge in [0.25, 0.3) is 0 Å². The van der Waals surface area contributed by atoms with Crippen LogP contribution >= 0.6 is 0 Å². The number of piperazine rings is 1. The first-order valence-corrected chi connectivity index (χ1v) is 7.15. The lowest BCUT2D eigenvalue weighted by Gasteiger charge is -2.37. The van der Waals surface area contributed by atoms with Crippen molar-refractivity contribution in [3.63, 3.8) is 0 Å². The SMILES string of the molecule is CCn1cc(CN2CCNCC2CC(C)C)cn1. The molecule has 1 N–H and O–H groups in total. The van der Waals surface area contributed by atoms with Gasteiger partial charge >= 0.3 is 0 Å². The molecule has 1 aliphatic heterocycles. The van der Waals surface area contributed by atoms with Crippen molar-refractivity contribution in [1.82, 2.24) is 20.0 Å². The van der Waals surface area contributed by atoms with Gasteiger partial charge in [0.15, 0.2) is 0 Å². The van der Waals surface area contributed by atoms with Crippen molar-refractivity contribution in [3.05, 3.63) is 18.0 Å². The highest BCUT2D eigenvalue weighted by atomic mass is 15.3. The van der Waals surface area contributed by atoms with Crippen LogP contribution in [-0.4, -0.2) is 40.4 Å². The Morgan fingerprint density at radius 3 is 3.00 bits per heavy atom. The number of nitrogens with zero attached hydrogens (tertiary/aromatic N) is 3. The van der Waals surface area contributed by atoms with Gasteiger partial charge in [-0.1, -0.05) is 13.8 Å². The summed E-state index contributed by atoms with van der Waals surface area (Å²) in [5.74, 6) is 0.760. The molecule has 2 rings (SSSR count). The van der Waals surface area contributed by atoms with Gasteiger partial charge in [-0.15, -0.1) is 0 Å². The maximum absolute atomic E-state index is 4.36. The van der Waals surface area contributed by atoms with Crippen LogP contribution in [0.25, 0.3) is 0 Å². The van der Waals surface area contributed by atoms with Crippen LogP contribution < -0.4 is 5.32 Å². The standard InChI is InChI=1S/C14H26N4/c1-4-18-11-13(8-16-18)10-17-6-5-15-9-14(17)7-12(2)3/h8,11-12,14-15H,4-7,9-10H2,1-3H3. The van der Waals surface area contributed by atoms with E-state index in [1.807, 2.05) is 10.9 Å². The van der Waals surface area contributed by atoms with E-state index in [2.05, 4.69) is 42.3 Å². The second-order valence-corrected chi connectivity index (χ2v) is 5.66. The molecule has 1 fully saturated rings. The fourth-order valence-electron chi connectivity index (χ4n) is 2.68. The van der Waals surface area contributed by atoms with Gasteiger partial charge in [0, 0.05) is 50.5 Å². The van der Waals surface area contributed by atoms with Gasteiger partial charge in [0.1, 0.15) is 0 Å². The van der Waals surface area contributed by atoms with Crippen LogP contribution in [0.3, 0.4) is 0 Å². The zero-order chi connectivity index (χ0) is 13.0. The van der Waals surface area contributed by atoms with Gasteiger partial charge < -0.3 is 5.32 Å². The lowest BCUT2D eigenvalue weighted by Crippen LogP contribution is -2.51. The molecule has 0 amide bonds. The molecule has 1 aromatic heterocycles. The molecule has 4 nitrogen and oxygen atoms in total. The van der Waals surface area contributed by atoms with Gasteiger partial charge in [-0.05, 0) is 19.3 Å². The van der Waals surface area contributed by atoms with Crippen LogP contribution in [0, 0.1) is 5.92 Å². The van der Waals surface area contributed by atoms with Crippen LogP contribution in [0.5, 0.6) is 0 Å². The predicted octanol–water partition coefficient (Wildman–Crippen LogP) is 1.72.